The number of aromatic nitrogens is 4. The van der Waals surface area contributed by atoms with Gasteiger partial charge in [-0.3, -0.25) is 0 Å². The highest BCUT2D eigenvalue weighted by Crippen LogP contribution is 2.40. The van der Waals surface area contributed by atoms with E-state index in [4.69, 9.17) is 50.2 Å². The second-order valence-corrected chi connectivity index (χ2v) is 15.4. The molecule has 0 spiro atoms. The summed E-state index contributed by atoms with van der Waals surface area (Å²) in [6.45, 7) is 5.71. The summed E-state index contributed by atoms with van der Waals surface area (Å²) in [6.07, 6.45) is 20.4. The number of hydrogen-bond acceptors (Lipinski definition) is 13. The number of nitrogens with zero attached hydrogens (tertiary/aromatic N) is 3. The summed E-state index contributed by atoms with van der Waals surface area (Å²) >= 11 is 9.71. The summed E-state index contributed by atoms with van der Waals surface area (Å²) in [5.74, 6) is 1.94. The van der Waals surface area contributed by atoms with Crippen LogP contribution in [0.15, 0.2) is 14.2 Å². The molecule has 2 aromatic heterocycles. The third-order valence-electron chi connectivity index (χ3n) is 10.5. The zero-order valence-electron chi connectivity index (χ0n) is 30.3. The molecule has 3 fully saturated rings. The van der Waals surface area contributed by atoms with Gasteiger partial charge in [0.1, 0.15) is 17.5 Å². The third-order valence-corrected chi connectivity index (χ3v) is 10.8. The number of hydrogen-bond donors (Lipinski definition) is 9. The number of nitrogens with one attached hydrogen (secondary N) is 4. The van der Waals surface area contributed by atoms with E-state index in [9.17, 15) is 10.0 Å². The van der Waals surface area contributed by atoms with Gasteiger partial charge in [0.05, 0.1) is 0 Å². The molecule has 0 radical (unpaired) electrons. The van der Waals surface area contributed by atoms with E-state index in [1.54, 1.807) is 13.6 Å². The van der Waals surface area contributed by atoms with E-state index >= 15 is 0 Å². The van der Waals surface area contributed by atoms with Gasteiger partial charge in [0, 0.05) is 19.3 Å². The van der Waals surface area contributed by atoms with Crippen molar-refractivity contribution >= 4 is 69.2 Å². The predicted molar refractivity (Wildman–Crippen MR) is 213 cm³/mol. The van der Waals surface area contributed by atoms with Crippen LogP contribution in [0.4, 0.5) is 0 Å². The molecular weight excluding hydrogens is 735 g/mol. The second-order valence-electron chi connectivity index (χ2n) is 14.7. The van der Waals surface area contributed by atoms with Gasteiger partial charge in [-0.15, -0.1) is 24.8 Å². The lowest BCUT2D eigenvalue weighted by molar-refractivity contribution is 0.183. The Hall–Kier alpha value is -1.50. The lowest BCUT2D eigenvalue weighted by Crippen LogP contribution is -2.44. The van der Waals surface area contributed by atoms with Crippen LogP contribution in [0.2, 0.25) is 13.6 Å². The zero-order chi connectivity index (χ0) is 35.8. The van der Waals surface area contributed by atoms with Gasteiger partial charge in [0.15, 0.2) is 0 Å². The molecule has 2 aromatic rings. The molecule has 0 saturated heterocycles. The Morgan fingerprint density at radius 1 is 0.745 bits per heavy atom. The van der Waals surface area contributed by atoms with Crippen LogP contribution in [-0.4, -0.2) is 75.1 Å². The summed E-state index contributed by atoms with van der Waals surface area (Å²) in [5.41, 5.74) is 11.9. The minimum Gasteiger partial charge on any atom is -0.437 e. The van der Waals surface area contributed by atoms with Gasteiger partial charge in [-0.2, -0.15) is 9.97 Å². The maximum atomic E-state index is 9.40. The van der Waals surface area contributed by atoms with Crippen molar-refractivity contribution in [3.63, 3.8) is 0 Å². The molecule has 20 heteroatoms. The average Bonchev–Trinajstić information content (AvgIpc) is 3.70. The number of halogens is 2. The van der Waals surface area contributed by atoms with Crippen molar-refractivity contribution in [3.8, 4) is 0 Å². The molecule has 0 unspecified atom stereocenters. The molecule has 14 nitrogen and oxygen atoms in total. The number of H-pyrrole nitrogens is 2. The standard InChI is InChI=1S/C11H20BN3O2S.C10H22BN3O2.C10H17N3OS.2ClH/c1-12(16)13-8-11(5-3-2-4-6-11)7-9-14-10(18)17-15-9;1-11(15)13-8-10(7-9(12)14-16)5-3-2-4-6-10;11-7-10(4-2-1-3-5-10)6-8-12-9(15)14-13-8;;/h13,16H,2-8H2,1H3,(H,14,15,18);13,15-16H,2-8H2,1H3,(H2,12,14);1-7,11H2,(H,12,13,15);2*1H. The van der Waals surface area contributed by atoms with Crippen molar-refractivity contribution in [3.05, 3.63) is 21.3 Å². The van der Waals surface area contributed by atoms with Crippen LogP contribution in [0.3, 0.4) is 0 Å². The lowest BCUT2D eigenvalue weighted by Gasteiger charge is -2.37. The summed E-state index contributed by atoms with van der Waals surface area (Å²) in [6, 6.07) is 0. The van der Waals surface area contributed by atoms with Gasteiger partial charge in [-0.05, 0) is 112 Å². The van der Waals surface area contributed by atoms with Crippen molar-refractivity contribution in [2.45, 2.75) is 129 Å². The third kappa shape index (κ3) is 17.0. The van der Waals surface area contributed by atoms with Crippen molar-refractivity contribution < 1.29 is 24.3 Å². The number of oxime groups is 1. The van der Waals surface area contributed by atoms with E-state index in [1.807, 2.05) is 0 Å². The van der Waals surface area contributed by atoms with Crippen LogP contribution in [0.5, 0.6) is 0 Å². The van der Waals surface area contributed by atoms with Crippen LogP contribution in [-0.2, 0) is 12.8 Å². The maximum Gasteiger partial charge on any atom is 0.373 e. The van der Waals surface area contributed by atoms with Crippen LogP contribution in [0, 0.1) is 25.9 Å². The smallest absolute Gasteiger partial charge is 0.373 e. The molecule has 0 bridgehead atoms. The Morgan fingerprint density at radius 2 is 1.12 bits per heavy atom. The minimum atomic E-state index is -0.508. The predicted octanol–water partition coefficient (Wildman–Crippen LogP) is 5.73. The van der Waals surface area contributed by atoms with Crippen LogP contribution >= 0.6 is 49.2 Å². The fraction of sp³-hybridized carbons (Fsp3) is 0.839. The van der Waals surface area contributed by atoms with E-state index in [0.717, 1.165) is 69.8 Å². The van der Waals surface area contributed by atoms with E-state index in [0.29, 0.717) is 6.42 Å². The molecule has 51 heavy (non-hydrogen) atoms. The highest BCUT2D eigenvalue weighted by molar-refractivity contribution is 7.71. The molecule has 3 saturated carbocycles. The Morgan fingerprint density at radius 3 is 1.47 bits per heavy atom. The largest absolute Gasteiger partial charge is 0.437 e. The zero-order valence-corrected chi connectivity index (χ0v) is 33.6. The number of amidine groups is 1. The summed E-state index contributed by atoms with van der Waals surface area (Å²) in [4.78, 5) is 8.86. The maximum absolute atomic E-state index is 9.40. The van der Waals surface area contributed by atoms with Gasteiger partial charge in [0.2, 0.25) is 0 Å². The van der Waals surface area contributed by atoms with E-state index in [-0.39, 0.29) is 56.6 Å². The summed E-state index contributed by atoms with van der Waals surface area (Å²) < 4.78 is 9.92. The summed E-state index contributed by atoms with van der Waals surface area (Å²) in [5, 5.41) is 42.1. The first-order valence-electron chi connectivity index (χ1n) is 18.0. The van der Waals surface area contributed by atoms with Gasteiger partial charge in [0.25, 0.3) is 0 Å². The second kappa shape index (κ2) is 24.0. The molecule has 3 aliphatic carbocycles. The molecule has 292 valence electrons. The molecule has 2 heterocycles. The van der Waals surface area contributed by atoms with E-state index in [2.05, 4.69) is 35.9 Å². The summed E-state index contributed by atoms with van der Waals surface area (Å²) in [7, 11) is -0.981. The van der Waals surface area contributed by atoms with Crippen molar-refractivity contribution in [1.82, 2.24) is 30.7 Å². The fourth-order valence-corrected chi connectivity index (χ4v) is 8.02. The van der Waals surface area contributed by atoms with Crippen molar-refractivity contribution in [2.75, 3.05) is 19.6 Å². The molecule has 3 aliphatic rings. The normalized spacial score (nSPS) is 19.1. The average molecular weight is 797 g/mol. The van der Waals surface area contributed by atoms with Gasteiger partial charge < -0.3 is 46.2 Å². The molecule has 0 amide bonds. The number of nitrogens with two attached hydrogens (primary N) is 2. The molecule has 0 atom stereocenters. The van der Waals surface area contributed by atoms with E-state index < -0.39 is 14.1 Å². The molecule has 0 aliphatic heterocycles. The first kappa shape index (κ1) is 47.5. The fourth-order valence-electron chi connectivity index (χ4n) is 7.72. The molecule has 11 N–H and O–H groups in total. The Balaban J connectivity index is 0.000000377. The highest BCUT2D eigenvalue weighted by Gasteiger charge is 2.35. The van der Waals surface area contributed by atoms with Crippen molar-refractivity contribution in [1.29, 1.82) is 0 Å². The van der Waals surface area contributed by atoms with Crippen LogP contribution < -0.4 is 21.9 Å². The monoisotopic (exact) mass is 795 g/mol. The first-order chi connectivity index (χ1) is 23.4. The lowest BCUT2D eigenvalue weighted by atomic mass is 9.70. The van der Waals surface area contributed by atoms with Crippen LogP contribution in [0.1, 0.15) is 114 Å². The Bertz CT molecular complexity index is 1360. The molecule has 5 rings (SSSR count). The molecular formula is C31H61B2Cl2N9O5S2. The first-order valence-corrected chi connectivity index (χ1v) is 18.8. The van der Waals surface area contributed by atoms with Gasteiger partial charge >= 0.3 is 23.8 Å². The van der Waals surface area contributed by atoms with Gasteiger partial charge in [-0.1, -0.05) is 62.9 Å². The van der Waals surface area contributed by atoms with E-state index in [1.165, 1.54) is 70.6 Å². The topological polar surface area (TPSA) is 233 Å². The van der Waals surface area contributed by atoms with Crippen LogP contribution in [0.25, 0.3) is 0 Å². The Labute approximate surface area is 326 Å². The highest BCUT2D eigenvalue weighted by atomic mass is 35.5. The SMILES string of the molecule is CB(O)NCC1(CC(N)=NO)CCCCC1.CB(O)NCC1(Cc2nc(=S)o[nH]2)CCCCC1.Cl.Cl.NCC1(Cc2nc(=S)o[nH]2)CCCCC1. The number of rotatable bonds is 13. The quantitative estimate of drug-likeness (QED) is 0.0295. The van der Waals surface area contributed by atoms with Crippen molar-refractivity contribution in [2.24, 2.45) is 32.9 Å². The molecule has 0 aromatic carbocycles. The Kier molecular flexibility index (Phi) is 22.4. The van der Waals surface area contributed by atoms with Gasteiger partial charge in [-0.25, -0.2) is 10.3 Å². The number of aromatic amines is 2. The minimum absolute atomic E-state index is 0.